The fourth-order valence-corrected chi connectivity index (χ4v) is 3.93. The van der Waals surface area contributed by atoms with Gasteiger partial charge in [-0.05, 0) is 40.9 Å². The quantitative estimate of drug-likeness (QED) is 0.789. The number of halogens is 2. The fourth-order valence-electron chi connectivity index (χ4n) is 1.92. The fraction of sp³-hybridized carbons (Fsp3) is 0.545. The number of rotatable bonds is 2. The molecule has 0 spiro atoms. The molecule has 1 aliphatic rings. The summed E-state index contributed by atoms with van der Waals surface area (Å²) in [5.74, 6) is 0.0482. The summed E-state index contributed by atoms with van der Waals surface area (Å²) in [5, 5.41) is 3.10. The Balaban J connectivity index is 1.96. The van der Waals surface area contributed by atoms with Crippen LogP contribution in [0.25, 0.3) is 0 Å². The first-order chi connectivity index (χ1) is 7.66. The standard InChI is InChI=1S/C11H13Br2NOS/c12-7-3-1-2-4-8(7)14-11(15)9-5-6-10(13)16-9/h5-8H,1-4H2,(H,14,15). The minimum Gasteiger partial charge on any atom is -0.347 e. The molecule has 1 fully saturated rings. The van der Waals surface area contributed by atoms with Gasteiger partial charge in [0.05, 0.1) is 8.66 Å². The molecule has 5 heteroatoms. The van der Waals surface area contributed by atoms with Gasteiger partial charge in [0.2, 0.25) is 0 Å². The molecular formula is C11H13Br2NOS. The summed E-state index contributed by atoms with van der Waals surface area (Å²) in [6, 6.07) is 4.05. The average Bonchev–Trinajstić information content (AvgIpc) is 2.68. The van der Waals surface area contributed by atoms with Gasteiger partial charge in [-0.25, -0.2) is 0 Å². The van der Waals surface area contributed by atoms with E-state index in [0.29, 0.717) is 4.83 Å². The number of nitrogens with one attached hydrogen (secondary N) is 1. The van der Waals surface area contributed by atoms with E-state index < -0.39 is 0 Å². The van der Waals surface area contributed by atoms with E-state index in [-0.39, 0.29) is 11.9 Å². The lowest BCUT2D eigenvalue weighted by molar-refractivity contribution is 0.0934. The second-order valence-electron chi connectivity index (χ2n) is 3.98. The van der Waals surface area contributed by atoms with Crippen molar-refractivity contribution < 1.29 is 4.79 Å². The lowest BCUT2D eigenvalue weighted by Gasteiger charge is -2.27. The molecule has 0 aliphatic heterocycles. The van der Waals surface area contributed by atoms with Gasteiger partial charge in [-0.2, -0.15) is 0 Å². The van der Waals surface area contributed by atoms with E-state index in [2.05, 4.69) is 37.2 Å². The Hall–Kier alpha value is 0.130. The van der Waals surface area contributed by atoms with Crippen LogP contribution in [0.4, 0.5) is 0 Å². The monoisotopic (exact) mass is 365 g/mol. The van der Waals surface area contributed by atoms with Crippen LogP contribution in [0.5, 0.6) is 0 Å². The Morgan fingerprint density at radius 1 is 1.38 bits per heavy atom. The van der Waals surface area contributed by atoms with Gasteiger partial charge in [0.1, 0.15) is 0 Å². The summed E-state index contributed by atoms with van der Waals surface area (Å²) in [6.07, 6.45) is 4.70. The van der Waals surface area contributed by atoms with Crippen molar-refractivity contribution in [3.8, 4) is 0 Å². The molecule has 1 N–H and O–H groups in total. The highest BCUT2D eigenvalue weighted by molar-refractivity contribution is 9.11. The minimum absolute atomic E-state index is 0.0482. The van der Waals surface area contributed by atoms with Gasteiger partial charge in [-0.1, -0.05) is 28.8 Å². The predicted octanol–water partition coefficient (Wildman–Crippen LogP) is 3.95. The lowest BCUT2D eigenvalue weighted by atomic mass is 9.95. The van der Waals surface area contributed by atoms with Gasteiger partial charge in [-0.15, -0.1) is 11.3 Å². The third kappa shape index (κ3) is 3.08. The van der Waals surface area contributed by atoms with E-state index >= 15 is 0 Å². The maximum Gasteiger partial charge on any atom is 0.261 e. The number of amides is 1. The Morgan fingerprint density at radius 2 is 2.12 bits per heavy atom. The minimum atomic E-state index is 0.0482. The highest BCUT2D eigenvalue weighted by Gasteiger charge is 2.24. The number of thiophene rings is 1. The molecule has 1 saturated carbocycles. The van der Waals surface area contributed by atoms with E-state index in [1.807, 2.05) is 12.1 Å². The number of hydrogen-bond acceptors (Lipinski definition) is 2. The molecule has 1 amide bonds. The van der Waals surface area contributed by atoms with Gasteiger partial charge in [0.25, 0.3) is 5.91 Å². The normalized spacial score (nSPS) is 25.4. The zero-order valence-corrected chi connectivity index (χ0v) is 12.7. The van der Waals surface area contributed by atoms with Crippen LogP contribution in [0.2, 0.25) is 0 Å². The van der Waals surface area contributed by atoms with Gasteiger partial charge in [0.15, 0.2) is 0 Å². The largest absolute Gasteiger partial charge is 0.347 e. The summed E-state index contributed by atoms with van der Waals surface area (Å²) >= 11 is 8.48. The van der Waals surface area contributed by atoms with Crippen LogP contribution >= 0.6 is 43.2 Å². The molecule has 0 saturated heterocycles. The maximum atomic E-state index is 11.9. The van der Waals surface area contributed by atoms with Crippen molar-refractivity contribution >= 4 is 49.1 Å². The highest BCUT2D eigenvalue weighted by Crippen LogP contribution is 2.26. The second-order valence-corrected chi connectivity index (χ2v) is 7.62. The molecule has 1 aromatic heterocycles. The van der Waals surface area contributed by atoms with Gasteiger partial charge in [-0.3, -0.25) is 4.79 Å². The molecule has 1 heterocycles. The summed E-state index contributed by atoms with van der Waals surface area (Å²) in [5.41, 5.74) is 0. The Labute approximate surface area is 116 Å². The van der Waals surface area contributed by atoms with Gasteiger partial charge < -0.3 is 5.32 Å². The number of carbonyl (C=O) groups is 1. The SMILES string of the molecule is O=C(NC1CCCCC1Br)c1ccc(Br)s1. The first-order valence-corrected chi connectivity index (χ1v) is 7.89. The Kier molecular flexibility index (Phi) is 4.44. The Bertz CT molecular complexity index is 380. The van der Waals surface area contributed by atoms with Crippen LogP contribution in [0.15, 0.2) is 15.9 Å². The smallest absolute Gasteiger partial charge is 0.261 e. The first-order valence-electron chi connectivity index (χ1n) is 5.37. The zero-order chi connectivity index (χ0) is 11.5. The number of hydrogen-bond donors (Lipinski definition) is 1. The molecular weight excluding hydrogens is 354 g/mol. The van der Waals surface area contributed by atoms with E-state index in [1.165, 1.54) is 24.2 Å². The molecule has 0 bridgehead atoms. The van der Waals surface area contributed by atoms with Crippen molar-refractivity contribution in [3.63, 3.8) is 0 Å². The predicted molar refractivity (Wildman–Crippen MR) is 74.5 cm³/mol. The van der Waals surface area contributed by atoms with Crippen molar-refractivity contribution in [1.82, 2.24) is 5.32 Å². The molecule has 1 aromatic rings. The third-order valence-electron chi connectivity index (χ3n) is 2.80. The summed E-state index contributed by atoms with van der Waals surface area (Å²) < 4.78 is 0.997. The number of carbonyl (C=O) groups excluding carboxylic acids is 1. The summed E-state index contributed by atoms with van der Waals surface area (Å²) in [7, 11) is 0. The van der Waals surface area contributed by atoms with Crippen molar-refractivity contribution in [1.29, 1.82) is 0 Å². The third-order valence-corrected chi connectivity index (χ3v) is 5.51. The van der Waals surface area contributed by atoms with Crippen molar-refractivity contribution in [2.75, 3.05) is 0 Å². The van der Waals surface area contributed by atoms with Gasteiger partial charge >= 0.3 is 0 Å². The maximum absolute atomic E-state index is 11.9. The van der Waals surface area contributed by atoms with Crippen LogP contribution in [-0.4, -0.2) is 16.8 Å². The molecule has 2 unspecified atom stereocenters. The van der Waals surface area contributed by atoms with Crippen LogP contribution in [-0.2, 0) is 0 Å². The van der Waals surface area contributed by atoms with Crippen LogP contribution in [0, 0.1) is 0 Å². The van der Waals surface area contributed by atoms with Crippen LogP contribution < -0.4 is 5.32 Å². The lowest BCUT2D eigenvalue weighted by Crippen LogP contribution is -2.42. The highest BCUT2D eigenvalue weighted by atomic mass is 79.9. The molecule has 16 heavy (non-hydrogen) atoms. The second kappa shape index (κ2) is 5.65. The van der Waals surface area contributed by atoms with E-state index in [4.69, 9.17) is 0 Å². The molecule has 88 valence electrons. The molecule has 0 radical (unpaired) electrons. The summed E-state index contributed by atoms with van der Waals surface area (Å²) in [4.78, 5) is 13.1. The van der Waals surface area contributed by atoms with Crippen LogP contribution in [0.1, 0.15) is 35.4 Å². The molecule has 2 atom stereocenters. The van der Waals surface area contributed by atoms with Crippen molar-refractivity contribution in [2.24, 2.45) is 0 Å². The van der Waals surface area contributed by atoms with Crippen LogP contribution in [0.3, 0.4) is 0 Å². The average molecular weight is 367 g/mol. The molecule has 0 aromatic carbocycles. The van der Waals surface area contributed by atoms with Crippen molar-refractivity contribution in [3.05, 3.63) is 20.8 Å². The molecule has 2 nitrogen and oxygen atoms in total. The molecule has 1 aliphatic carbocycles. The van der Waals surface area contributed by atoms with E-state index in [0.717, 1.165) is 21.5 Å². The Morgan fingerprint density at radius 3 is 2.75 bits per heavy atom. The van der Waals surface area contributed by atoms with Crippen molar-refractivity contribution in [2.45, 2.75) is 36.6 Å². The molecule has 2 rings (SSSR count). The summed E-state index contributed by atoms with van der Waals surface area (Å²) in [6.45, 7) is 0. The van der Waals surface area contributed by atoms with E-state index in [1.54, 1.807) is 0 Å². The topological polar surface area (TPSA) is 29.1 Å². The zero-order valence-electron chi connectivity index (χ0n) is 8.71. The van der Waals surface area contributed by atoms with E-state index in [9.17, 15) is 4.79 Å². The number of alkyl halides is 1. The van der Waals surface area contributed by atoms with Gasteiger partial charge in [0, 0.05) is 10.9 Å². The first kappa shape index (κ1) is 12.6.